The summed E-state index contributed by atoms with van der Waals surface area (Å²) >= 11 is 5.45. The smallest absolute Gasteiger partial charge is 0.414 e. The predicted molar refractivity (Wildman–Crippen MR) is 77.9 cm³/mol. The first-order valence-electron chi connectivity index (χ1n) is 7.75. The number of hydrogen-bond donors (Lipinski definition) is 1. The zero-order chi connectivity index (χ0) is 24.2. The highest BCUT2D eigenvalue weighted by Gasteiger charge is 3.06. The van der Waals surface area contributed by atoms with Gasteiger partial charge < -0.3 is 5.11 Å². The van der Waals surface area contributed by atoms with Crippen LogP contribution in [-0.4, -0.2) is 40.8 Å². The molecule has 3 rings (SSSR count). The molecule has 0 atom stereocenters. The summed E-state index contributed by atoms with van der Waals surface area (Å²) in [5, 5.41) is 9.38. The number of aliphatic hydroxyl groups is 1. The molecule has 0 amide bonds. The fraction of sp³-hybridized carbons (Fsp3) is 0.438. The van der Waals surface area contributed by atoms with E-state index in [0.29, 0.717) is 12.1 Å². The van der Waals surface area contributed by atoms with Gasteiger partial charge >= 0.3 is 29.9 Å². The molecule has 0 radical (unpaired) electrons. The van der Waals surface area contributed by atoms with Gasteiger partial charge in [-0.15, -0.1) is 0 Å². The Morgan fingerprint density at radius 2 is 1.35 bits per heavy atom. The van der Waals surface area contributed by atoms with Gasteiger partial charge in [0.2, 0.25) is 0 Å². The van der Waals surface area contributed by atoms with Crippen molar-refractivity contribution in [1.82, 2.24) is 0 Å². The molecule has 0 aliphatic heterocycles. The van der Waals surface area contributed by atoms with E-state index in [2.05, 4.69) is 0 Å². The number of halogens is 13. The Bertz CT molecular complexity index is 998. The van der Waals surface area contributed by atoms with Crippen molar-refractivity contribution in [1.29, 1.82) is 0 Å². The van der Waals surface area contributed by atoms with Crippen molar-refractivity contribution in [2.75, 3.05) is 0 Å². The van der Waals surface area contributed by atoms with Crippen LogP contribution in [0.15, 0.2) is 17.7 Å². The number of carbonyl (C=O) groups excluding carboxylic acids is 1. The zero-order valence-corrected chi connectivity index (χ0v) is 14.9. The van der Waals surface area contributed by atoms with E-state index in [9.17, 15) is 62.6 Å². The van der Waals surface area contributed by atoms with Crippen molar-refractivity contribution >= 4 is 23.1 Å². The van der Waals surface area contributed by atoms with Crippen molar-refractivity contribution in [2.24, 2.45) is 5.41 Å². The lowest BCUT2D eigenvalue weighted by Crippen LogP contribution is -2.65. The second-order valence-corrected chi connectivity index (χ2v) is 7.24. The van der Waals surface area contributed by atoms with Crippen molar-refractivity contribution in [3.8, 4) is 0 Å². The van der Waals surface area contributed by atoms with Gasteiger partial charge in [-0.05, 0) is 17.7 Å². The monoisotopic (exact) mass is 492 g/mol. The summed E-state index contributed by atoms with van der Waals surface area (Å²) in [4.78, 5) is 12.4. The topological polar surface area (TPSA) is 37.3 Å². The fourth-order valence-corrected chi connectivity index (χ4v) is 3.93. The second-order valence-electron chi connectivity index (χ2n) is 6.80. The maximum absolute atomic E-state index is 14.2. The van der Waals surface area contributed by atoms with Crippen LogP contribution in [0.25, 0.3) is 5.76 Å². The van der Waals surface area contributed by atoms with Gasteiger partial charge in [-0.25, -0.2) is 4.39 Å². The van der Waals surface area contributed by atoms with Crippen molar-refractivity contribution < 1.29 is 62.6 Å². The molecule has 0 heterocycles. The summed E-state index contributed by atoms with van der Waals surface area (Å²) in [5.41, 5.74) is -10.8. The highest BCUT2D eigenvalue weighted by molar-refractivity contribution is 6.30. The molecule has 1 N–H and O–H groups in total. The lowest BCUT2D eigenvalue weighted by atomic mass is 9.72. The number of Topliss-reactive ketones (excluding diaryl/α,β-unsaturated/α-hetero) is 1. The van der Waals surface area contributed by atoms with Crippen LogP contribution in [0.3, 0.4) is 0 Å². The summed E-state index contributed by atoms with van der Waals surface area (Å²) in [6.07, 6.45) is -8.84. The largest absolute Gasteiger partial charge is 0.507 e. The Hall–Kier alpha value is -2.12. The zero-order valence-electron chi connectivity index (χ0n) is 14.1. The number of carbonyl (C=O) groups is 1. The Labute approximate surface area is 168 Å². The number of rotatable bonds is 2. The predicted octanol–water partition coefficient (Wildman–Crippen LogP) is 5.98. The van der Waals surface area contributed by atoms with Crippen LogP contribution in [0, 0.1) is 11.2 Å². The van der Waals surface area contributed by atoms with Crippen LogP contribution < -0.4 is 0 Å². The molecule has 15 heteroatoms. The number of hydrogen-bond acceptors (Lipinski definition) is 2. The third-order valence-electron chi connectivity index (χ3n) is 5.19. The second kappa shape index (κ2) is 6.01. The van der Waals surface area contributed by atoms with Crippen LogP contribution >= 0.6 is 11.6 Å². The molecule has 0 unspecified atom stereocenters. The molecule has 2 aliphatic carbocycles. The minimum atomic E-state index is -7.38. The van der Waals surface area contributed by atoms with E-state index < -0.39 is 80.8 Å². The maximum Gasteiger partial charge on any atom is 0.414 e. The Balaban J connectivity index is 2.37. The summed E-state index contributed by atoms with van der Waals surface area (Å²) in [5.74, 6) is -36.5. The van der Waals surface area contributed by atoms with Gasteiger partial charge in [-0.2, -0.15) is 48.3 Å². The number of ketones is 1. The lowest BCUT2D eigenvalue weighted by Gasteiger charge is -2.38. The minimum Gasteiger partial charge on any atom is -0.507 e. The lowest BCUT2D eigenvalue weighted by molar-refractivity contribution is -0.341. The van der Waals surface area contributed by atoms with Gasteiger partial charge in [0.15, 0.2) is 5.78 Å². The summed E-state index contributed by atoms with van der Waals surface area (Å²) in [6, 6.07) is 1.13. The van der Waals surface area contributed by atoms with Crippen LogP contribution in [0.5, 0.6) is 0 Å². The average Bonchev–Trinajstić information content (AvgIpc) is 2.91. The van der Waals surface area contributed by atoms with E-state index in [4.69, 9.17) is 11.6 Å². The van der Waals surface area contributed by atoms with Gasteiger partial charge in [-0.3, -0.25) is 4.79 Å². The average molecular weight is 493 g/mol. The molecule has 1 saturated carbocycles. The molecule has 172 valence electrons. The van der Waals surface area contributed by atoms with Gasteiger partial charge in [0.05, 0.1) is 5.56 Å². The van der Waals surface area contributed by atoms with Gasteiger partial charge in [0.1, 0.15) is 11.6 Å². The van der Waals surface area contributed by atoms with Crippen LogP contribution in [0.4, 0.5) is 52.7 Å². The molecule has 2 aliphatic rings. The molecule has 31 heavy (non-hydrogen) atoms. The normalized spacial score (nSPS) is 24.9. The number of allylic oxidation sites excluding steroid dienone is 1. The van der Waals surface area contributed by atoms with Crippen molar-refractivity contribution in [2.45, 2.75) is 36.3 Å². The third kappa shape index (κ3) is 2.31. The number of alkyl halides is 11. The van der Waals surface area contributed by atoms with E-state index in [-0.39, 0.29) is 0 Å². The molecule has 1 aromatic carbocycles. The van der Waals surface area contributed by atoms with E-state index in [1.54, 1.807) is 0 Å². The fourth-order valence-electron chi connectivity index (χ4n) is 3.70. The van der Waals surface area contributed by atoms with Gasteiger partial charge in [0.25, 0.3) is 5.41 Å². The summed E-state index contributed by atoms with van der Waals surface area (Å²) < 4.78 is 166. The van der Waals surface area contributed by atoms with E-state index in [0.717, 1.165) is 0 Å². The molecule has 1 fully saturated rings. The van der Waals surface area contributed by atoms with Gasteiger partial charge in [-0.1, -0.05) is 11.6 Å². The molecule has 0 bridgehead atoms. The van der Waals surface area contributed by atoms with Crippen LogP contribution in [0.1, 0.15) is 11.1 Å². The molecule has 1 aromatic rings. The van der Waals surface area contributed by atoms with E-state index in [1.807, 2.05) is 0 Å². The van der Waals surface area contributed by atoms with Crippen molar-refractivity contribution in [3.63, 3.8) is 0 Å². The summed E-state index contributed by atoms with van der Waals surface area (Å²) in [6.45, 7) is 0. The summed E-state index contributed by atoms with van der Waals surface area (Å²) in [7, 11) is 0. The highest BCUT2D eigenvalue weighted by Crippen LogP contribution is 2.76. The van der Waals surface area contributed by atoms with E-state index in [1.165, 1.54) is 0 Å². The molecule has 0 aromatic heterocycles. The molecule has 0 spiro atoms. The third-order valence-corrected chi connectivity index (χ3v) is 5.41. The number of fused-ring (bicyclic) bond motifs is 1. The van der Waals surface area contributed by atoms with Crippen LogP contribution in [-0.2, 0) is 11.2 Å². The Morgan fingerprint density at radius 3 is 1.77 bits per heavy atom. The number of benzene rings is 1. The molecular formula is C16H5ClF12O2. The number of aliphatic hydroxyl groups excluding tert-OH is 1. The van der Waals surface area contributed by atoms with Gasteiger partial charge in [0, 0.05) is 17.0 Å². The Morgan fingerprint density at radius 1 is 0.903 bits per heavy atom. The molecule has 2 nitrogen and oxygen atoms in total. The highest BCUT2D eigenvalue weighted by atomic mass is 35.5. The van der Waals surface area contributed by atoms with Crippen molar-refractivity contribution in [3.05, 3.63) is 39.7 Å². The standard InChI is InChI=1S/C16H5ClF12O2/c17-5-1-4-2-6(9(30)8(4)7(18)3-5)10(31)11(16(27,28)29)12(19,20)14(23,24)15(25,26)13(11,21)22/h1,3,30H,2H2. The first-order valence-corrected chi connectivity index (χ1v) is 8.12. The minimum absolute atomic E-state index is 0.435. The molecule has 0 saturated heterocycles. The Kier molecular flexibility index (Phi) is 4.57. The van der Waals surface area contributed by atoms with Crippen LogP contribution in [0.2, 0.25) is 5.02 Å². The maximum atomic E-state index is 14.2. The quantitative estimate of drug-likeness (QED) is 0.516. The molecular weight excluding hydrogens is 488 g/mol. The SMILES string of the molecule is O=C(C1=C(O)c2c(F)cc(Cl)cc2C1)C1(C(F)(F)F)C(F)(F)C(F)(F)C(F)(F)C1(F)F. The first-order chi connectivity index (χ1) is 13.7. The van der Waals surface area contributed by atoms with E-state index >= 15 is 0 Å². The first kappa shape index (κ1) is 23.5.